The van der Waals surface area contributed by atoms with E-state index in [0.29, 0.717) is 17.0 Å². The summed E-state index contributed by atoms with van der Waals surface area (Å²) in [6.45, 7) is 4.75. The molecule has 4 aromatic rings. The summed E-state index contributed by atoms with van der Waals surface area (Å²) in [6, 6.07) is 4.19. The number of carbonyl (C=O) groups is 1. The molecule has 8 nitrogen and oxygen atoms in total. The molecule has 10 heteroatoms. The van der Waals surface area contributed by atoms with Crippen LogP contribution in [-0.4, -0.2) is 68.0 Å². The van der Waals surface area contributed by atoms with Crippen LogP contribution in [0.15, 0.2) is 30.9 Å². The second-order valence-corrected chi connectivity index (χ2v) is 10.8. The first-order valence-corrected chi connectivity index (χ1v) is 12.8. The third-order valence-electron chi connectivity index (χ3n) is 7.23. The molecule has 5 heterocycles. The summed E-state index contributed by atoms with van der Waals surface area (Å²) in [7, 11) is 2.13. The number of pyridine rings is 1. The number of anilines is 2. The Bertz CT molecular complexity index is 1400. The predicted molar refractivity (Wildman–Crippen MR) is 135 cm³/mol. The number of piperazine rings is 1. The summed E-state index contributed by atoms with van der Waals surface area (Å²) in [4.78, 5) is 29.0. The summed E-state index contributed by atoms with van der Waals surface area (Å²) in [6.07, 6.45) is 7.68. The van der Waals surface area contributed by atoms with Gasteiger partial charge in [-0.05, 0) is 50.9 Å². The number of amides is 1. The molecule has 176 valence electrons. The number of nitrogens with one attached hydrogen (secondary N) is 1. The van der Waals surface area contributed by atoms with E-state index in [1.54, 1.807) is 28.4 Å². The van der Waals surface area contributed by atoms with Crippen molar-refractivity contribution in [3.05, 3.63) is 46.3 Å². The number of fused-ring (bicyclic) bond motifs is 4. The van der Waals surface area contributed by atoms with Crippen molar-refractivity contribution < 1.29 is 4.79 Å². The normalized spacial score (nSPS) is 21.2. The summed E-state index contributed by atoms with van der Waals surface area (Å²) in [5.74, 6) is 1.10. The van der Waals surface area contributed by atoms with Gasteiger partial charge in [-0.15, -0.1) is 11.3 Å². The minimum absolute atomic E-state index is 0.0410. The predicted octanol–water partition coefficient (Wildman–Crippen LogP) is 4.00. The highest BCUT2D eigenvalue weighted by Crippen LogP contribution is 2.41. The van der Waals surface area contributed by atoms with Gasteiger partial charge in [-0.3, -0.25) is 4.79 Å². The van der Waals surface area contributed by atoms with Gasteiger partial charge in [0.2, 0.25) is 5.91 Å². The molecule has 1 aliphatic heterocycles. The molecule has 0 aromatic carbocycles. The van der Waals surface area contributed by atoms with Gasteiger partial charge in [-0.2, -0.15) is 5.10 Å². The Hall–Kier alpha value is -2.75. The van der Waals surface area contributed by atoms with Crippen molar-refractivity contribution in [2.24, 2.45) is 5.92 Å². The summed E-state index contributed by atoms with van der Waals surface area (Å²) in [5, 5.41) is 9.31. The number of thiophene rings is 1. The molecule has 0 bridgehead atoms. The minimum Gasteiger partial charge on any atom is -0.340 e. The van der Waals surface area contributed by atoms with Crippen LogP contribution in [0.1, 0.15) is 23.8 Å². The van der Waals surface area contributed by atoms with Crippen molar-refractivity contribution >= 4 is 56.1 Å². The van der Waals surface area contributed by atoms with Crippen molar-refractivity contribution in [2.75, 3.05) is 32.0 Å². The number of rotatable bonds is 3. The highest BCUT2D eigenvalue weighted by Gasteiger charge is 2.33. The minimum atomic E-state index is 0.0410. The molecule has 4 aromatic heterocycles. The van der Waals surface area contributed by atoms with E-state index < -0.39 is 0 Å². The Kier molecular flexibility index (Phi) is 5.43. The SMILES string of the molecule is C[C@@H]1CN(C(=O)[C@H]2CCc3c(sc4ncnc(Nc5ccn6nccc6c5Cl)c34)C2)CCN1C. The lowest BCUT2D eigenvalue weighted by atomic mass is 9.86. The van der Waals surface area contributed by atoms with Crippen LogP contribution >= 0.6 is 22.9 Å². The van der Waals surface area contributed by atoms with Gasteiger partial charge in [0.1, 0.15) is 17.0 Å². The zero-order chi connectivity index (χ0) is 23.4. The standard InChI is InChI=1S/C24H26ClN7OS/c1-14-12-31(10-9-30(14)2)24(33)15-3-4-16-19(11-15)34-23-20(16)22(26-13-27-23)29-17-6-8-32-18(21(17)25)5-7-28-32/h5-8,13-15H,3-4,9-12H2,1-2H3,(H,26,27,29)/t14-,15+/m1/s1. The van der Waals surface area contributed by atoms with Crippen molar-refractivity contribution in [1.29, 1.82) is 0 Å². The quantitative estimate of drug-likeness (QED) is 0.463. The molecule has 6 rings (SSSR count). The van der Waals surface area contributed by atoms with Crippen LogP contribution in [-0.2, 0) is 17.6 Å². The van der Waals surface area contributed by atoms with Crippen LogP contribution in [0.2, 0.25) is 5.02 Å². The molecule has 1 amide bonds. The molecule has 0 saturated carbocycles. The first kappa shape index (κ1) is 21.8. The van der Waals surface area contributed by atoms with Gasteiger partial charge in [0.15, 0.2) is 0 Å². The zero-order valence-corrected chi connectivity index (χ0v) is 20.7. The number of hydrogen-bond acceptors (Lipinski definition) is 7. The highest BCUT2D eigenvalue weighted by molar-refractivity contribution is 7.19. The van der Waals surface area contributed by atoms with E-state index in [9.17, 15) is 4.79 Å². The maximum atomic E-state index is 13.3. The first-order chi connectivity index (χ1) is 16.5. The van der Waals surface area contributed by atoms with Crippen molar-refractivity contribution in [2.45, 2.75) is 32.2 Å². The van der Waals surface area contributed by atoms with Gasteiger partial charge in [0, 0.05) is 42.7 Å². The van der Waals surface area contributed by atoms with Gasteiger partial charge < -0.3 is 15.1 Å². The van der Waals surface area contributed by atoms with Gasteiger partial charge in [0.25, 0.3) is 0 Å². The maximum Gasteiger partial charge on any atom is 0.226 e. The Morgan fingerprint density at radius 1 is 1.26 bits per heavy atom. The molecule has 0 unspecified atom stereocenters. The van der Waals surface area contributed by atoms with Crippen LogP contribution in [0.25, 0.3) is 15.7 Å². The van der Waals surface area contributed by atoms with E-state index >= 15 is 0 Å². The topological polar surface area (TPSA) is 78.7 Å². The molecule has 0 spiro atoms. The highest BCUT2D eigenvalue weighted by atomic mass is 35.5. The lowest BCUT2D eigenvalue weighted by molar-refractivity contribution is -0.138. The average molecular weight is 496 g/mol. The van der Waals surface area contributed by atoms with Gasteiger partial charge in [0.05, 0.1) is 27.8 Å². The summed E-state index contributed by atoms with van der Waals surface area (Å²) >= 11 is 8.32. The Labute approximate surface area is 206 Å². The van der Waals surface area contributed by atoms with Crippen molar-refractivity contribution in [1.82, 2.24) is 29.4 Å². The van der Waals surface area contributed by atoms with Gasteiger partial charge >= 0.3 is 0 Å². The fourth-order valence-corrected chi connectivity index (χ4v) is 6.64. The molecule has 0 radical (unpaired) electrons. The largest absolute Gasteiger partial charge is 0.340 e. The number of halogens is 1. The van der Waals surface area contributed by atoms with E-state index in [4.69, 9.17) is 11.6 Å². The smallest absolute Gasteiger partial charge is 0.226 e. The van der Waals surface area contributed by atoms with Crippen LogP contribution in [0.5, 0.6) is 0 Å². The Morgan fingerprint density at radius 2 is 2.15 bits per heavy atom. The van der Waals surface area contributed by atoms with E-state index in [2.05, 4.69) is 44.2 Å². The van der Waals surface area contributed by atoms with E-state index in [-0.39, 0.29) is 5.92 Å². The van der Waals surface area contributed by atoms with Crippen LogP contribution < -0.4 is 5.32 Å². The first-order valence-electron chi connectivity index (χ1n) is 11.6. The fraction of sp³-hybridized carbons (Fsp3) is 0.417. The molecule has 2 atom stereocenters. The fourth-order valence-electron chi connectivity index (χ4n) is 5.11. The molecule has 1 saturated heterocycles. The number of hydrogen-bond donors (Lipinski definition) is 1. The zero-order valence-electron chi connectivity index (χ0n) is 19.2. The molecule has 1 fully saturated rings. The Balaban J connectivity index is 1.28. The second-order valence-electron chi connectivity index (χ2n) is 9.29. The van der Waals surface area contributed by atoms with Gasteiger partial charge in [-0.1, -0.05) is 11.6 Å². The molecule has 1 aliphatic carbocycles. The second kappa shape index (κ2) is 8.48. The number of aromatic nitrogens is 4. The lowest BCUT2D eigenvalue weighted by Crippen LogP contribution is -2.53. The molecule has 1 N–H and O–H groups in total. The molecule has 2 aliphatic rings. The van der Waals surface area contributed by atoms with Gasteiger partial charge in [-0.25, -0.2) is 14.5 Å². The van der Waals surface area contributed by atoms with Crippen LogP contribution in [0, 0.1) is 5.92 Å². The lowest BCUT2D eigenvalue weighted by Gasteiger charge is -2.39. The summed E-state index contributed by atoms with van der Waals surface area (Å²) in [5.41, 5.74) is 2.88. The number of aryl methyl sites for hydroxylation is 1. The molecular formula is C24H26ClN7OS. The average Bonchev–Trinajstić information content (AvgIpc) is 3.47. The third-order valence-corrected chi connectivity index (χ3v) is 8.79. The van der Waals surface area contributed by atoms with Crippen LogP contribution in [0.3, 0.4) is 0 Å². The monoisotopic (exact) mass is 495 g/mol. The van der Waals surface area contributed by atoms with Crippen molar-refractivity contribution in [3.8, 4) is 0 Å². The van der Waals surface area contributed by atoms with E-state index in [1.807, 2.05) is 18.3 Å². The Morgan fingerprint density at radius 3 is 3.00 bits per heavy atom. The maximum absolute atomic E-state index is 13.3. The van der Waals surface area contributed by atoms with E-state index in [0.717, 1.165) is 66.1 Å². The number of likely N-dealkylation sites (N-methyl/N-ethyl adjacent to an activating group) is 1. The van der Waals surface area contributed by atoms with Crippen molar-refractivity contribution in [3.63, 3.8) is 0 Å². The molecular weight excluding hydrogens is 470 g/mol. The third kappa shape index (κ3) is 3.62. The molecule has 34 heavy (non-hydrogen) atoms. The number of carbonyl (C=O) groups excluding carboxylic acids is 1. The van der Waals surface area contributed by atoms with Crippen LogP contribution in [0.4, 0.5) is 11.5 Å². The van der Waals surface area contributed by atoms with E-state index in [1.165, 1.54) is 10.4 Å². The number of nitrogens with zero attached hydrogens (tertiary/aromatic N) is 6. The summed E-state index contributed by atoms with van der Waals surface area (Å²) < 4.78 is 1.74.